The molecule has 1 heterocycles. The molecule has 4 nitrogen and oxygen atoms in total. The molecule has 1 aliphatic heterocycles. The number of nitrogens with two attached hydrogens (primary N) is 1. The highest BCUT2D eigenvalue weighted by Crippen LogP contribution is 2.07. The second-order valence-electron chi connectivity index (χ2n) is 4.25. The predicted octanol–water partition coefficient (Wildman–Crippen LogP) is 2.22. The minimum atomic E-state index is 0. The SMILES string of the molecule is CCCCOCCN=C(N)N1CCCCC1.I. The third kappa shape index (κ3) is 7.81. The first-order valence-electron chi connectivity index (χ1n) is 6.47. The van der Waals surface area contributed by atoms with Crippen molar-refractivity contribution in [3.63, 3.8) is 0 Å². The van der Waals surface area contributed by atoms with Gasteiger partial charge in [0.05, 0.1) is 13.2 Å². The number of guanidine groups is 1. The summed E-state index contributed by atoms with van der Waals surface area (Å²) in [5.41, 5.74) is 5.91. The molecule has 0 aromatic heterocycles. The summed E-state index contributed by atoms with van der Waals surface area (Å²) in [6.07, 6.45) is 6.11. The van der Waals surface area contributed by atoms with Crippen LogP contribution in [0.25, 0.3) is 0 Å². The number of ether oxygens (including phenoxy) is 1. The topological polar surface area (TPSA) is 50.9 Å². The predicted molar refractivity (Wildman–Crippen MR) is 83.1 cm³/mol. The Morgan fingerprint density at radius 2 is 1.94 bits per heavy atom. The van der Waals surface area contributed by atoms with Crippen LogP contribution < -0.4 is 5.73 Å². The van der Waals surface area contributed by atoms with Crippen LogP contribution >= 0.6 is 24.0 Å². The van der Waals surface area contributed by atoms with Crippen molar-refractivity contribution >= 4 is 29.9 Å². The van der Waals surface area contributed by atoms with E-state index in [0.29, 0.717) is 19.1 Å². The van der Waals surface area contributed by atoms with E-state index in [1.165, 1.54) is 25.7 Å². The Balaban J connectivity index is 0.00000256. The van der Waals surface area contributed by atoms with E-state index in [0.717, 1.165) is 26.1 Å². The highest BCUT2D eigenvalue weighted by atomic mass is 127. The van der Waals surface area contributed by atoms with Gasteiger partial charge in [-0.25, -0.2) is 0 Å². The molecule has 2 N–H and O–H groups in total. The maximum Gasteiger partial charge on any atom is 0.191 e. The van der Waals surface area contributed by atoms with Crippen molar-refractivity contribution in [3.8, 4) is 0 Å². The number of rotatable bonds is 6. The summed E-state index contributed by atoms with van der Waals surface area (Å²) in [4.78, 5) is 6.52. The maximum atomic E-state index is 5.91. The third-order valence-electron chi connectivity index (χ3n) is 2.83. The Hall–Kier alpha value is -0.0400. The molecule has 102 valence electrons. The van der Waals surface area contributed by atoms with Crippen molar-refractivity contribution in [2.24, 2.45) is 10.7 Å². The molecule has 0 saturated carbocycles. The van der Waals surface area contributed by atoms with E-state index in [1.807, 2.05) is 0 Å². The van der Waals surface area contributed by atoms with E-state index in [1.54, 1.807) is 0 Å². The van der Waals surface area contributed by atoms with E-state index < -0.39 is 0 Å². The second kappa shape index (κ2) is 11.1. The lowest BCUT2D eigenvalue weighted by Crippen LogP contribution is -2.41. The number of likely N-dealkylation sites (tertiary alicyclic amines) is 1. The number of hydrogen-bond acceptors (Lipinski definition) is 2. The summed E-state index contributed by atoms with van der Waals surface area (Å²) in [7, 11) is 0. The molecule has 1 saturated heterocycles. The molecule has 0 bridgehead atoms. The minimum Gasteiger partial charge on any atom is -0.380 e. The van der Waals surface area contributed by atoms with Gasteiger partial charge in [0, 0.05) is 19.7 Å². The Labute approximate surface area is 122 Å². The van der Waals surface area contributed by atoms with Gasteiger partial charge in [0.1, 0.15) is 0 Å². The van der Waals surface area contributed by atoms with Gasteiger partial charge in [-0.1, -0.05) is 13.3 Å². The van der Waals surface area contributed by atoms with Gasteiger partial charge in [-0.2, -0.15) is 0 Å². The highest BCUT2D eigenvalue weighted by Gasteiger charge is 2.11. The summed E-state index contributed by atoms with van der Waals surface area (Å²) < 4.78 is 5.43. The van der Waals surface area contributed by atoms with E-state index in [-0.39, 0.29) is 24.0 Å². The van der Waals surface area contributed by atoms with E-state index in [4.69, 9.17) is 10.5 Å². The van der Waals surface area contributed by atoms with Crippen LogP contribution in [0, 0.1) is 0 Å². The fraction of sp³-hybridized carbons (Fsp3) is 0.917. The Kier molecular flexibility index (Phi) is 11.0. The van der Waals surface area contributed by atoms with E-state index in [9.17, 15) is 0 Å². The molecule has 17 heavy (non-hydrogen) atoms. The second-order valence-corrected chi connectivity index (χ2v) is 4.25. The molecular weight excluding hydrogens is 329 g/mol. The van der Waals surface area contributed by atoms with Crippen molar-refractivity contribution in [1.82, 2.24) is 4.90 Å². The van der Waals surface area contributed by atoms with Gasteiger partial charge >= 0.3 is 0 Å². The first-order valence-corrected chi connectivity index (χ1v) is 6.47. The molecule has 0 unspecified atom stereocenters. The molecule has 0 aromatic rings. The standard InChI is InChI=1S/C12H25N3O.HI/c1-2-3-10-16-11-7-14-12(13)15-8-5-4-6-9-15;/h2-11H2,1H3,(H2,13,14);1H. The van der Waals surface area contributed by atoms with Crippen LogP contribution in [0.3, 0.4) is 0 Å². The van der Waals surface area contributed by atoms with Gasteiger partial charge in [0.25, 0.3) is 0 Å². The van der Waals surface area contributed by atoms with Crippen LogP contribution in [0.15, 0.2) is 4.99 Å². The average Bonchev–Trinajstić information content (AvgIpc) is 2.34. The first-order chi connectivity index (χ1) is 7.84. The summed E-state index contributed by atoms with van der Waals surface area (Å²) >= 11 is 0. The van der Waals surface area contributed by atoms with Crippen molar-refractivity contribution in [1.29, 1.82) is 0 Å². The van der Waals surface area contributed by atoms with Crippen LogP contribution in [-0.2, 0) is 4.74 Å². The zero-order valence-electron chi connectivity index (χ0n) is 10.9. The van der Waals surface area contributed by atoms with Gasteiger partial charge in [-0.05, 0) is 25.7 Å². The van der Waals surface area contributed by atoms with E-state index in [2.05, 4.69) is 16.8 Å². The Morgan fingerprint density at radius 3 is 2.59 bits per heavy atom. The maximum absolute atomic E-state index is 5.91. The lowest BCUT2D eigenvalue weighted by atomic mass is 10.1. The van der Waals surface area contributed by atoms with Crippen LogP contribution in [-0.4, -0.2) is 43.7 Å². The van der Waals surface area contributed by atoms with Gasteiger partial charge in [-0.3, -0.25) is 4.99 Å². The number of aliphatic imine (C=N–C) groups is 1. The lowest BCUT2D eigenvalue weighted by Gasteiger charge is -2.27. The fourth-order valence-electron chi connectivity index (χ4n) is 1.80. The Bertz CT molecular complexity index is 206. The lowest BCUT2D eigenvalue weighted by molar-refractivity contribution is 0.138. The molecule has 1 aliphatic rings. The van der Waals surface area contributed by atoms with E-state index >= 15 is 0 Å². The molecular formula is C12H26IN3O. The third-order valence-corrected chi connectivity index (χ3v) is 2.83. The molecule has 0 atom stereocenters. The van der Waals surface area contributed by atoms with Gasteiger partial charge in [-0.15, -0.1) is 24.0 Å². The largest absolute Gasteiger partial charge is 0.380 e. The molecule has 1 fully saturated rings. The number of halogens is 1. The molecule has 1 rings (SSSR count). The van der Waals surface area contributed by atoms with Crippen molar-refractivity contribution in [3.05, 3.63) is 0 Å². The number of hydrogen-bond donors (Lipinski definition) is 1. The minimum absolute atomic E-state index is 0. The zero-order chi connectivity index (χ0) is 11.6. The van der Waals surface area contributed by atoms with Crippen molar-refractivity contribution < 1.29 is 4.74 Å². The smallest absolute Gasteiger partial charge is 0.191 e. The summed E-state index contributed by atoms with van der Waals surface area (Å²) in [6.45, 7) is 6.50. The molecule has 0 amide bonds. The Morgan fingerprint density at radius 1 is 1.24 bits per heavy atom. The first kappa shape index (κ1) is 17.0. The molecule has 0 aromatic carbocycles. The van der Waals surface area contributed by atoms with Crippen LogP contribution in [0.4, 0.5) is 0 Å². The summed E-state index contributed by atoms with van der Waals surface area (Å²) in [5.74, 6) is 0.693. The zero-order valence-corrected chi connectivity index (χ0v) is 13.2. The quantitative estimate of drug-likeness (QED) is 0.344. The molecule has 0 spiro atoms. The average molecular weight is 355 g/mol. The van der Waals surface area contributed by atoms with Crippen LogP contribution in [0.1, 0.15) is 39.0 Å². The fourth-order valence-corrected chi connectivity index (χ4v) is 1.80. The monoisotopic (exact) mass is 355 g/mol. The van der Waals surface area contributed by atoms with Gasteiger partial charge in [0.15, 0.2) is 5.96 Å². The van der Waals surface area contributed by atoms with Crippen LogP contribution in [0.2, 0.25) is 0 Å². The highest BCUT2D eigenvalue weighted by molar-refractivity contribution is 14.0. The number of nitrogens with zero attached hydrogens (tertiary/aromatic N) is 2. The van der Waals surface area contributed by atoms with Gasteiger partial charge in [0.2, 0.25) is 0 Å². The summed E-state index contributed by atoms with van der Waals surface area (Å²) in [5, 5.41) is 0. The van der Waals surface area contributed by atoms with Crippen LogP contribution in [0.5, 0.6) is 0 Å². The number of piperidine rings is 1. The molecule has 5 heteroatoms. The van der Waals surface area contributed by atoms with Gasteiger partial charge < -0.3 is 15.4 Å². The van der Waals surface area contributed by atoms with Crippen molar-refractivity contribution in [2.75, 3.05) is 32.8 Å². The summed E-state index contributed by atoms with van der Waals surface area (Å²) in [6, 6.07) is 0. The molecule has 0 aliphatic carbocycles. The van der Waals surface area contributed by atoms with Crippen molar-refractivity contribution in [2.45, 2.75) is 39.0 Å². The molecule has 0 radical (unpaired) electrons. The number of unbranched alkanes of at least 4 members (excludes halogenated alkanes) is 1. The normalized spacial score (nSPS) is 16.8.